The molecule has 0 saturated carbocycles. The third kappa shape index (κ3) is 1.58. The molecule has 0 spiro atoms. The molecule has 0 aromatic carbocycles. The van der Waals surface area contributed by atoms with Crippen LogP contribution >= 0.6 is 22.9 Å². The van der Waals surface area contributed by atoms with Crippen molar-refractivity contribution in [2.45, 2.75) is 0 Å². The summed E-state index contributed by atoms with van der Waals surface area (Å²) in [6.07, 6.45) is 0. The Balaban J connectivity index is 1.81. The summed E-state index contributed by atoms with van der Waals surface area (Å²) in [6.45, 7) is 4.27. The molecule has 2 saturated heterocycles. The fourth-order valence-corrected chi connectivity index (χ4v) is 3.57. The average molecular weight is 255 g/mol. The van der Waals surface area contributed by atoms with Gasteiger partial charge in [-0.25, -0.2) is 4.98 Å². The lowest BCUT2D eigenvalue weighted by Crippen LogP contribution is -2.25. The van der Waals surface area contributed by atoms with Crippen molar-refractivity contribution in [1.29, 1.82) is 5.26 Å². The Labute approximate surface area is 103 Å². The molecule has 2 aliphatic heterocycles. The monoisotopic (exact) mass is 254 g/mol. The number of nitriles is 1. The number of rotatable bonds is 1. The van der Waals surface area contributed by atoms with Gasteiger partial charge in [0.05, 0.1) is 0 Å². The van der Waals surface area contributed by atoms with Crippen LogP contribution in [0.4, 0.5) is 5.13 Å². The molecule has 6 heteroatoms. The van der Waals surface area contributed by atoms with Crippen LogP contribution in [-0.4, -0.2) is 31.2 Å². The highest BCUT2D eigenvalue weighted by molar-refractivity contribution is 7.16. The summed E-state index contributed by atoms with van der Waals surface area (Å²) >= 11 is 7.28. The fourth-order valence-electron chi connectivity index (χ4n) is 2.51. The summed E-state index contributed by atoms with van der Waals surface area (Å²) in [7, 11) is 0. The van der Waals surface area contributed by atoms with Gasteiger partial charge in [0.2, 0.25) is 0 Å². The molecular formula is C10H11ClN4S. The first-order valence-corrected chi connectivity index (χ1v) is 6.49. The maximum absolute atomic E-state index is 8.84. The molecule has 0 radical (unpaired) electrons. The van der Waals surface area contributed by atoms with E-state index in [4.69, 9.17) is 16.9 Å². The zero-order valence-electron chi connectivity index (χ0n) is 8.61. The van der Waals surface area contributed by atoms with Crippen molar-refractivity contribution in [3.63, 3.8) is 0 Å². The first-order valence-electron chi connectivity index (χ1n) is 5.30. The van der Waals surface area contributed by atoms with Crippen LogP contribution in [0.15, 0.2) is 0 Å². The van der Waals surface area contributed by atoms with Crippen molar-refractivity contribution < 1.29 is 0 Å². The van der Waals surface area contributed by atoms with Gasteiger partial charge in [0, 0.05) is 26.2 Å². The Bertz CT molecular complexity index is 440. The van der Waals surface area contributed by atoms with E-state index in [0.29, 0.717) is 10.0 Å². The predicted molar refractivity (Wildman–Crippen MR) is 63.9 cm³/mol. The van der Waals surface area contributed by atoms with Crippen LogP contribution in [0.3, 0.4) is 0 Å². The summed E-state index contributed by atoms with van der Waals surface area (Å²) in [5.41, 5.74) is 0. The number of aromatic nitrogens is 1. The number of hydrogen-bond donors (Lipinski definition) is 1. The van der Waals surface area contributed by atoms with Crippen LogP contribution in [0.25, 0.3) is 0 Å². The Morgan fingerprint density at radius 3 is 2.69 bits per heavy atom. The molecule has 1 aromatic rings. The Morgan fingerprint density at radius 2 is 2.12 bits per heavy atom. The summed E-state index contributed by atoms with van der Waals surface area (Å²) in [6, 6.07) is 2.07. The van der Waals surface area contributed by atoms with Crippen molar-refractivity contribution in [2.75, 3.05) is 31.1 Å². The van der Waals surface area contributed by atoms with Crippen LogP contribution in [0.1, 0.15) is 4.88 Å². The first kappa shape index (κ1) is 10.3. The molecule has 2 fully saturated rings. The van der Waals surface area contributed by atoms with Gasteiger partial charge in [0.1, 0.15) is 10.9 Å². The van der Waals surface area contributed by atoms with Gasteiger partial charge in [0.25, 0.3) is 0 Å². The predicted octanol–water partition coefficient (Wildman–Crippen LogP) is 1.32. The number of thiazole rings is 1. The van der Waals surface area contributed by atoms with Gasteiger partial charge >= 0.3 is 0 Å². The van der Waals surface area contributed by atoms with E-state index in [9.17, 15) is 0 Å². The van der Waals surface area contributed by atoms with Crippen molar-refractivity contribution in [1.82, 2.24) is 10.3 Å². The van der Waals surface area contributed by atoms with Gasteiger partial charge in [-0.05, 0) is 11.8 Å². The van der Waals surface area contributed by atoms with Crippen molar-refractivity contribution in [3.05, 3.63) is 10.0 Å². The zero-order chi connectivity index (χ0) is 11.1. The van der Waals surface area contributed by atoms with E-state index >= 15 is 0 Å². The number of anilines is 1. The number of halogens is 1. The molecule has 1 N–H and O–H groups in total. The van der Waals surface area contributed by atoms with E-state index < -0.39 is 0 Å². The highest BCUT2D eigenvalue weighted by atomic mass is 35.5. The number of nitrogens with one attached hydrogen (secondary N) is 1. The SMILES string of the molecule is N#Cc1sc(N2C[C@H]3CNC[C@H]3C2)nc1Cl. The maximum Gasteiger partial charge on any atom is 0.188 e. The second-order valence-corrected chi connectivity index (χ2v) is 5.65. The van der Waals surface area contributed by atoms with Crippen LogP contribution in [0.5, 0.6) is 0 Å². The van der Waals surface area contributed by atoms with E-state index in [1.54, 1.807) is 0 Å². The average Bonchev–Trinajstić information content (AvgIpc) is 2.88. The van der Waals surface area contributed by atoms with Gasteiger partial charge in [-0.2, -0.15) is 5.26 Å². The third-order valence-corrected chi connectivity index (χ3v) is 4.74. The standard InChI is InChI=1S/C10H11ClN4S/c11-9-8(1-12)16-10(14-9)15-4-6-2-13-3-7(6)5-15/h6-7,13H,2-5H2/t6-,7+. The van der Waals surface area contributed by atoms with Gasteiger partial charge in [-0.15, -0.1) is 0 Å². The van der Waals surface area contributed by atoms with Crippen molar-refractivity contribution >= 4 is 28.1 Å². The molecule has 0 unspecified atom stereocenters. The minimum atomic E-state index is 0.345. The molecule has 84 valence electrons. The smallest absolute Gasteiger partial charge is 0.188 e. The van der Waals surface area contributed by atoms with Gasteiger partial charge in [-0.3, -0.25) is 0 Å². The lowest BCUT2D eigenvalue weighted by Gasteiger charge is -2.15. The molecule has 2 aliphatic rings. The number of nitrogens with zero attached hydrogens (tertiary/aromatic N) is 3. The summed E-state index contributed by atoms with van der Waals surface area (Å²) in [5, 5.41) is 13.5. The molecule has 1 aromatic heterocycles. The first-order chi connectivity index (χ1) is 7.78. The maximum atomic E-state index is 8.84. The lowest BCUT2D eigenvalue weighted by atomic mass is 10.0. The van der Waals surface area contributed by atoms with Crippen LogP contribution < -0.4 is 10.2 Å². The molecule has 0 bridgehead atoms. The van der Waals surface area contributed by atoms with E-state index in [0.717, 1.165) is 43.1 Å². The van der Waals surface area contributed by atoms with E-state index in [1.165, 1.54) is 11.3 Å². The lowest BCUT2D eigenvalue weighted by molar-refractivity contribution is 0.533. The molecule has 0 amide bonds. The zero-order valence-corrected chi connectivity index (χ0v) is 10.2. The normalized spacial score (nSPS) is 28.1. The minimum Gasteiger partial charge on any atom is -0.347 e. The summed E-state index contributed by atoms with van der Waals surface area (Å²) < 4.78 is 0. The number of hydrogen-bond acceptors (Lipinski definition) is 5. The van der Waals surface area contributed by atoms with Crippen LogP contribution in [0.2, 0.25) is 5.15 Å². The highest BCUT2D eigenvalue weighted by Gasteiger charge is 2.37. The largest absolute Gasteiger partial charge is 0.347 e. The third-order valence-electron chi connectivity index (χ3n) is 3.34. The van der Waals surface area contributed by atoms with Crippen LogP contribution in [-0.2, 0) is 0 Å². The molecule has 16 heavy (non-hydrogen) atoms. The quantitative estimate of drug-likeness (QED) is 0.822. The van der Waals surface area contributed by atoms with E-state index in [1.807, 2.05) is 0 Å². The molecule has 4 nitrogen and oxygen atoms in total. The fraction of sp³-hybridized carbons (Fsp3) is 0.600. The molecule has 3 rings (SSSR count). The van der Waals surface area contributed by atoms with Gasteiger partial charge < -0.3 is 10.2 Å². The molecule has 3 heterocycles. The highest BCUT2D eigenvalue weighted by Crippen LogP contribution is 2.35. The van der Waals surface area contributed by atoms with Crippen molar-refractivity contribution in [2.24, 2.45) is 11.8 Å². The summed E-state index contributed by atoms with van der Waals surface area (Å²) in [4.78, 5) is 7.04. The Kier molecular flexibility index (Phi) is 2.51. The number of fused-ring (bicyclic) bond motifs is 1. The van der Waals surface area contributed by atoms with E-state index in [2.05, 4.69) is 21.3 Å². The molecule has 2 atom stereocenters. The topological polar surface area (TPSA) is 52.0 Å². The Morgan fingerprint density at radius 1 is 1.44 bits per heavy atom. The minimum absolute atomic E-state index is 0.345. The second-order valence-electron chi connectivity index (χ2n) is 4.31. The Hall–Kier alpha value is -0.830. The summed E-state index contributed by atoms with van der Waals surface area (Å²) in [5.74, 6) is 1.46. The van der Waals surface area contributed by atoms with E-state index in [-0.39, 0.29) is 0 Å². The second kappa shape index (κ2) is 3.88. The van der Waals surface area contributed by atoms with Gasteiger partial charge in [-0.1, -0.05) is 22.9 Å². The molecule has 0 aliphatic carbocycles. The van der Waals surface area contributed by atoms with Gasteiger partial charge in [0.15, 0.2) is 10.3 Å². The van der Waals surface area contributed by atoms with Crippen LogP contribution in [0, 0.1) is 23.2 Å². The molecular weight excluding hydrogens is 244 g/mol. The van der Waals surface area contributed by atoms with Crippen molar-refractivity contribution in [3.8, 4) is 6.07 Å².